The van der Waals surface area contributed by atoms with Crippen LogP contribution < -0.4 is 0 Å². The molecule has 1 aromatic rings. The maximum atomic E-state index is 4.48. The predicted molar refractivity (Wildman–Crippen MR) is 64.5 cm³/mol. The van der Waals surface area contributed by atoms with Crippen LogP contribution >= 0.6 is 0 Å². The smallest absolute Gasteiger partial charge is 0.122 e. The molecule has 0 saturated carbocycles. The third-order valence-electron chi connectivity index (χ3n) is 2.91. The standard InChI is InChI=1S/C11H19N5/c1-14(8-10-12-4-6-15(10)2)9-11-13-5-7-16(11)3/h4,6H,5,7-9H2,1-3H3. The van der Waals surface area contributed by atoms with Crippen LogP contribution in [0, 0.1) is 0 Å². The van der Waals surface area contributed by atoms with Gasteiger partial charge in [0.15, 0.2) is 0 Å². The maximum absolute atomic E-state index is 4.48. The van der Waals surface area contributed by atoms with Crippen LogP contribution in [0.2, 0.25) is 0 Å². The largest absolute Gasteiger partial charge is 0.360 e. The van der Waals surface area contributed by atoms with Gasteiger partial charge in [-0.25, -0.2) is 4.98 Å². The van der Waals surface area contributed by atoms with Gasteiger partial charge in [0.05, 0.1) is 19.6 Å². The van der Waals surface area contributed by atoms with E-state index in [1.165, 1.54) is 5.84 Å². The first-order valence-corrected chi connectivity index (χ1v) is 5.56. The third-order valence-corrected chi connectivity index (χ3v) is 2.91. The van der Waals surface area contributed by atoms with Crippen LogP contribution in [0.1, 0.15) is 5.82 Å². The van der Waals surface area contributed by atoms with Crippen molar-refractivity contribution in [3.8, 4) is 0 Å². The average molecular weight is 221 g/mol. The van der Waals surface area contributed by atoms with Crippen LogP contribution in [0.25, 0.3) is 0 Å². The quantitative estimate of drug-likeness (QED) is 0.728. The van der Waals surface area contributed by atoms with E-state index in [9.17, 15) is 0 Å². The van der Waals surface area contributed by atoms with E-state index < -0.39 is 0 Å². The van der Waals surface area contributed by atoms with Gasteiger partial charge in [0.2, 0.25) is 0 Å². The molecule has 0 aromatic carbocycles. The van der Waals surface area contributed by atoms with Crippen molar-refractivity contribution in [2.45, 2.75) is 6.54 Å². The average Bonchev–Trinajstić information content (AvgIpc) is 2.79. The fourth-order valence-corrected chi connectivity index (χ4v) is 1.84. The predicted octanol–water partition coefficient (Wildman–Crippen LogP) is 0.196. The Bertz CT molecular complexity index is 381. The number of imidazole rings is 1. The molecule has 0 amide bonds. The Morgan fingerprint density at radius 1 is 1.38 bits per heavy atom. The lowest BCUT2D eigenvalue weighted by atomic mass is 10.4. The highest BCUT2D eigenvalue weighted by Gasteiger charge is 2.14. The molecule has 0 aliphatic carbocycles. The van der Waals surface area contributed by atoms with Gasteiger partial charge < -0.3 is 9.47 Å². The summed E-state index contributed by atoms with van der Waals surface area (Å²) in [5, 5.41) is 0. The third kappa shape index (κ3) is 2.41. The highest BCUT2D eigenvalue weighted by Crippen LogP contribution is 2.03. The topological polar surface area (TPSA) is 36.7 Å². The number of amidine groups is 1. The number of likely N-dealkylation sites (N-methyl/N-ethyl adjacent to an activating group) is 2. The molecule has 0 fully saturated rings. The van der Waals surface area contributed by atoms with E-state index in [4.69, 9.17) is 0 Å². The van der Waals surface area contributed by atoms with Crippen LogP contribution in [-0.2, 0) is 13.6 Å². The monoisotopic (exact) mass is 221 g/mol. The van der Waals surface area contributed by atoms with Crippen molar-refractivity contribution in [3.63, 3.8) is 0 Å². The molecular formula is C11H19N5. The van der Waals surface area contributed by atoms with Gasteiger partial charge in [0.25, 0.3) is 0 Å². The zero-order valence-corrected chi connectivity index (χ0v) is 10.2. The molecular weight excluding hydrogens is 202 g/mol. The minimum absolute atomic E-state index is 0.857. The first-order chi connectivity index (χ1) is 7.66. The molecule has 5 nitrogen and oxygen atoms in total. The number of rotatable bonds is 4. The van der Waals surface area contributed by atoms with Gasteiger partial charge in [-0.15, -0.1) is 0 Å². The number of aliphatic imine (C=N–C) groups is 1. The van der Waals surface area contributed by atoms with Crippen LogP contribution in [-0.4, -0.2) is 58.9 Å². The molecule has 0 N–H and O–H groups in total. The second-order valence-electron chi connectivity index (χ2n) is 4.35. The zero-order chi connectivity index (χ0) is 11.5. The lowest BCUT2D eigenvalue weighted by Gasteiger charge is -2.20. The number of aryl methyl sites for hydroxylation is 1. The molecule has 1 aromatic heterocycles. The summed E-state index contributed by atoms with van der Waals surface area (Å²) in [6.45, 7) is 3.73. The van der Waals surface area contributed by atoms with E-state index in [1.807, 2.05) is 19.4 Å². The van der Waals surface area contributed by atoms with E-state index in [1.54, 1.807) is 0 Å². The Hall–Kier alpha value is -1.36. The molecule has 2 rings (SSSR count). The van der Waals surface area contributed by atoms with E-state index in [0.717, 1.165) is 32.0 Å². The van der Waals surface area contributed by atoms with E-state index in [-0.39, 0.29) is 0 Å². The first-order valence-electron chi connectivity index (χ1n) is 5.56. The lowest BCUT2D eigenvalue weighted by molar-refractivity contribution is 0.346. The lowest BCUT2D eigenvalue weighted by Crippen LogP contribution is -2.34. The summed E-state index contributed by atoms with van der Waals surface area (Å²) in [4.78, 5) is 13.3. The normalized spacial score (nSPS) is 16.0. The van der Waals surface area contributed by atoms with Crippen molar-refractivity contribution >= 4 is 5.84 Å². The molecule has 0 atom stereocenters. The number of hydrogen-bond donors (Lipinski definition) is 0. The van der Waals surface area contributed by atoms with Gasteiger partial charge in [-0.1, -0.05) is 0 Å². The molecule has 0 bridgehead atoms. The summed E-state index contributed by atoms with van der Waals surface area (Å²) in [6.07, 6.45) is 3.81. The molecule has 0 radical (unpaired) electrons. The fraction of sp³-hybridized carbons (Fsp3) is 0.636. The zero-order valence-electron chi connectivity index (χ0n) is 10.2. The van der Waals surface area contributed by atoms with Gasteiger partial charge in [0, 0.05) is 33.0 Å². The maximum Gasteiger partial charge on any atom is 0.122 e. The molecule has 1 aliphatic heterocycles. The van der Waals surface area contributed by atoms with Gasteiger partial charge in [-0.05, 0) is 7.05 Å². The van der Waals surface area contributed by atoms with Gasteiger partial charge >= 0.3 is 0 Å². The van der Waals surface area contributed by atoms with Crippen LogP contribution in [0.3, 0.4) is 0 Å². The summed E-state index contributed by atoms with van der Waals surface area (Å²) in [5.41, 5.74) is 0. The van der Waals surface area contributed by atoms with Gasteiger partial charge in [-0.2, -0.15) is 0 Å². The highest BCUT2D eigenvalue weighted by atomic mass is 15.3. The van der Waals surface area contributed by atoms with Crippen molar-refractivity contribution in [1.82, 2.24) is 19.4 Å². The molecule has 16 heavy (non-hydrogen) atoms. The fourth-order valence-electron chi connectivity index (χ4n) is 1.84. The molecule has 5 heteroatoms. The van der Waals surface area contributed by atoms with Crippen LogP contribution in [0.4, 0.5) is 0 Å². The minimum Gasteiger partial charge on any atom is -0.360 e. The van der Waals surface area contributed by atoms with Gasteiger partial charge in [-0.3, -0.25) is 9.89 Å². The molecule has 0 unspecified atom stereocenters. The second kappa shape index (κ2) is 4.65. The molecule has 0 saturated heterocycles. The second-order valence-corrected chi connectivity index (χ2v) is 4.35. The molecule has 0 spiro atoms. The summed E-state index contributed by atoms with van der Waals surface area (Å²) < 4.78 is 2.05. The van der Waals surface area contributed by atoms with Crippen molar-refractivity contribution < 1.29 is 0 Å². The number of aromatic nitrogens is 2. The molecule has 2 heterocycles. The Kier molecular flexibility index (Phi) is 3.24. The Morgan fingerprint density at radius 3 is 2.75 bits per heavy atom. The summed E-state index contributed by atoms with van der Waals surface area (Å²) in [5.74, 6) is 2.26. The van der Waals surface area contributed by atoms with E-state index >= 15 is 0 Å². The van der Waals surface area contributed by atoms with Crippen molar-refractivity contribution in [3.05, 3.63) is 18.2 Å². The Balaban J connectivity index is 1.89. The van der Waals surface area contributed by atoms with E-state index in [2.05, 4.69) is 38.4 Å². The van der Waals surface area contributed by atoms with Crippen LogP contribution in [0.5, 0.6) is 0 Å². The van der Waals surface area contributed by atoms with Crippen molar-refractivity contribution in [1.29, 1.82) is 0 Å². The van der Waals surface area contributed by atoms with Crippen molar-refractivity contribution in [2.75, 3.05) is 33.7 Å². The van der Waals surface area contributed by atoms with E-state index in [0.29, 0.717) is 0 Å². The highest BCUT2D eigenvalue weighted by molar-refractivity contribution is 5.85. The number of nitrogens with zero attached hydrogens (tertiary/aromatic N) is 5. The molecule has 88 valence electrons. The minimum atomic E-state index is 0.857. The van der Waals surface area contributed by atoms with Crippen LogP contribution in [0.15, 0.2) is 17.4 Å². The summed E-state index contributed by atoms with van der Waals surface area (Å²) in [6, 6.07) is 0. The van der Waals surface area contributed by atoms with Gasteiger partial charge in [0.1, 0.15) is 11.7 Å². The number of hydrogen-bond acceptors (Lipinski definition) is 4. The SMILES string of the molecule is CN(CC1=NCCN1C)Cc1nccn1C. The van der Waals surface area contributed by atoms with Crippen molar-refractivity contribution in [2.24, 2.45) is 12.0 Å². The Labute approximate surface area is 96.4 Å². The summed E-state index contributed by atoms with van der Waals surface area (Å²) >= 11 is 0. The molecule has 1 aliphatic rings. The Morgan fingerprint density at radius 2 is 2.19 bits per heavy atom. The summed E-state index contributed by atoms with van der Waals surface area (Å²) in [7, 11) is 6.22. The first kappa shape index (κ1) is 11.1.